The molecule has 1 atom stereocenters. The highest BCUT2D eigenvalue weighted by Gasteiger charge is 2.38. The number of hydrogen-bond acceptors (Lipinski definition) is 2. The van der Waals surface area contributed by atoms with Crippen molar-refractivity contribution < 1.29 is 4.79 Å². The van der Waals surface area contributed by atoms with Crippen LogP contribution in [-0.4, -0.2) is 11.4 Å². The van der Waals surface area contributed by atoms with Crippen molar-refractivity contribution >= 4 is 11.5 Å². The summed E-state index contributed by atoms with van der Waals surface area (Å²) in [7, 11) is 0. The fourth-order valence-corrected chi connectivity index (χ4v) is 1.95. The summed E-state index contributed by atoms with van der Waals surface area (Å²) in [5, 5.41) is 2.94. The van der Waals surface area contributed by atoms with Crippen LogP contribution >= 0.6 is 0 Å². The summed E-state index contributed by atoms with van der Waals surface area (Å²) in [6.45, 7) is 3.97. The number of nitrogens with one attached hydrogen (secondary N) is 1. The molecule has 1 aliphatic heterocycles. The molecule has 3 N–H and O–H groups in total. The number of amides is 1. The molecule has 0 aliphatic carbocycles. The lowest BCUT2D eigenvalue weighted by atomic mass is 9.94. The van der Waals surface area contributed by atoms with Gasteiger partial charge in [0.15, 0.2) is 0 Å². The zero-order chi connectivity index (χ0) is 11.8. The first-order valence-electron chi connectivity index (χ1n) is 5.46. The summed E-state index contributed by atoms with van der Waals surface area (Å²) < 4.78 is 0. The Kier molecular flexibility index (Phi) is 2.46. The molecule has 3 nitrogen and oxygen atoms in total. The van der Waals surface area contributed by atoms with Gasteiger partial charge in [-0.3, -0.25) is 4.79 Å². The van der Waals surface area contributed by atoms with Crippen LogP contribution < -0.4 is 11.1 Å². The average molecular weight is 216 g/mol. The molecule has 0 fully saturated rings. The van der Waals surface area contributed by atoms with E-state index in [0.29, 0.717) is 11.3 Å². The first-order chi connectivity index (χ1) is 7.58. The van der Waals surface area contributed by atoms with Crippen molar-refractivity contribution in [2.24, 2.45) is 5.73 Å². The van der Waals surface area contributed by atoms with Crippen LogP contribution in [0.1, 0.15) is 25.8 Å². The van der Waals surface area contributed by atoms with E-state index in [9.17, 15) is 4.79 Å². The number of benzene rings is 1. The molecule has 0 radical (unpaired) electrons. The van der Waals surface area contributed by atoms with E-state index in [4.69, 9.17) is 5.73 Å². The molecule has 1 aromatic carbocycles. The predicted octanol–water partition coefficient (Wildman–Crippen LogP) is 1.65. The van der Waals surface area contributed by atoms with Gasteiger partial charge in [-0.1, -0.05) is 37.3 Å². The number of rotatable bonds is 2. The van der Waals surface area contributed by atoms with E-state index in [1.165, 1.54) is 0 Å². The normalized spacial score (nSPS) is 24.8. The second kappa shape index (κ2) is 3.67. The van der Waals surface area contributed by atoms with E-state index in [1.54, 1.807) is 0 Å². The van der Waals surface area contributed by atoms with Crippen molar-refractivity contribution in [2.75, 3.05) is 0 Å². The summed E-state index contributed by atoms with van der Waals surface area (Å²) in [5.41, 5.74) is 7.83. The van der Waals surface area contributed by atoms with Crippen molar-refractivity contribution in [3.05, 3.63) is 41.6 Å². The Labute approximate surface area is 95.3 Å². The number of carbonyl (C=O) groups excluding carboxylic acids is 1. The second-order valence-electron chi connectivity index (χ2n) is 4.29. The predicted molar refractivity (Wildman–Crippen MR) is 64.4 cm³/mol. The molecule has 2 rings (SSSR count). The maximum Gasteiger partial charge on any atom is 0.254 e. The summed E-state index contributed by atoms with van der Waals surface area (Å²) in [6, 6.07) is 9.55. The Morgan fingerprint density at radius 2 is 1.94 bits per heavy atom. The van der Waals surface area contributed by atoms with Crippen molar-refractivity contribution in [3.8, 4) is 0 Å². The standard InChI is InChI=1S/C13H16N2O/c1-3-13(2)11(14)10(12(16)15-13)9-7-5-4-6-8-9/h4-8H,3,14H2,1-2H3,(H,15,16). The monoisotopic (exact) mass is 216 g/mol. The minimum absolute atomic E-state index is 0.0759. The molecule has 0 bridgehead atoms. The van der Waals surface area contributed by atoms with Crippen LogP contribution in [0.15, 0.2) is 36.0 Å². The molecule has 0 saturated heterocycles. The first kappa shape index (κ1) is 10.7. The minimum Gasteiger partial charge on any atom is -0.399 e. The van der Waals surface area contributed by atoms with Crippen molar-refractivity contribution in [1.29, 1.82) is 0 Å². The topological polar surface area (TPSA) is 55.1 Å². The molecule has 0 aromatic heterocycles. The molecule has 0 spiro atoms. The second-order valence-corrected chi connectivity index (χ2v) is 4.29. The van der Waals surface area contributed by atoms with Gasteiger partial charge < -0.3 is 11.1 Å². The Balaban J connectivity index is 2.52. The molecule has 1 aliphatic rings. The van der Waals surface area contributed by atoms with E-state index in [-0.39, 0.29) is 5.91 Å². The van der Waals surface area contributed by atoms with Gasteiger partial charge in [0.25, 0.3) is 5.91 Å². The summed E-state index contributed by atoms with van der Waals surface area (Å²) in [6.07, 6.45) is 0.793. The summed E-state index contributed by atoms with van der Waals surface area (Å²) >= 11 is 0. The molecular formula is C13H16N2O. The third-order valence-electron chi connectivity index (χ3n) is 3.25. The van der Waals surface area contributed by atoms with Gasteiger partial charge in [-0.2, -0.15) is 0 Å². The fourth-order valence-electron chi connectivity index (χ4n) is 1.95. The highest BCUT2D eigenvalue weighted by molar-refractivity contribution is 6.23. The number of hydrogen-bond donors (Lipinski definition) is 2. The third-order valence-corrected chi connectivity index (χ3v) is 3.25. The van der Waals surface area contributed by atoms with Crippen molar-refractivity contribution in [2.45, 2.75) is 25.8 Å². The molecule has 3 heteroatoms. The Morgan fingerprint density at radius 1 is 1.31 bits per heavy atom. The first-order valence-corrected chi connectivity index (χ1v) is 5.46. The lowest BCUT2D eigenvalue weighted by molar-refractivity contribution is -0.116. The molecule has 1 heterocycles. The van der Waals surface area contributed by atoms with Crippen LogP contribution in [0.4, 0.5) is 0 Å². The van der Waals surface area contributed by atoms with Gasteiger partial charge >= 0.3 is 0 Å². The third kappa shape index (κ3) is 1.48. The van der Waals surface area contributed by atoms with Gasteiger partial charge in [0.2, 0.25) is 0 Å². The van der Waals surface area contributed by atoms with Crippen molar-refractivity contribution in [3.63, 3.8) is 0 Å². The van der Waals surface area contributed by atoms with Gasteiger partial charge in [-0.25, -0.2) is 0 Å². The van der Waals surface area contributed by atoms with Crippen LogP contribution in [0.2, 0.25) is 0 Å². The summed E-state index contributed by atoms with van der Waals surface area (Å²) in [4.78, 5) is 11.9. The molecule has 1 unspecified atom stereocenters. The van der Waals surface area contributed by atoms with Gasteiger partial charge in [-0.15, -0.1) is 0 Å². The van der Waals surface area contributed by atoms with Crippen molar-refractivity contribution in [1.82, 2.24) is 5.32 Å². The van der Waals surface area contributed by atoms with Crippen LogP contribution in [0.3, 0.4) is 0 Å². The zero-order valence-corrected chi connectivity index (χ0v) is 9.58. The Bertz CT molecular complexity index is 450. The van der Waals surface area contributed by atoms with E-state index in [1.807, 2.05) is 44.2 Å². The number of carbonyl (C=O) groups is 1. The molecule has 84 valence electrons. The van der Waals surface area contributed by atoms with E-state index in [0.717, 1.165) is 12.0 Å². The van der Waals surface area contributed by atoms with Gasteiger partial charge in [0, 0.05) is 5.70 Å². The van der Waals surface area contributed by atoms with Gasteiger partial charge in [0.05, 0.1) is 11.1 Å². The fraction of sp³-hybridized carbons (Fsp3) is 0.308. The van der Waals surface area contributed by atoms with Crippen LogP contribution in [0.25, 0.3) is 5.57 Å². The molecular weight excluding hydrogens is 200 g/mol. The van der Waals surface area contributed by atoms with Crippen LogP contribution in [0, 0.1) is 0 Å². The number of nitrogens with two attached hydrogens (primary N) is 1. The van der Waals surface area contributed by atoms with Gasteiger partial charge in [-0.05, 0) is 18.9 Å². The smallest absolute Gasteiger partial charge is 0.254 e. The highest BCUT2D eigenvalue weighted by Crippen LogP contribution is 2.31. The molecule has 1 amide bonds. The maximum absolute atomic E-state index is 11.9. The van der Waals surface area contributed by atoms with E-state index < -0.39 is 5.54 Å². The van der Waals surface area contributed by atoms with E-state index in [2.05, 4.69) is 5.32 Å². The highest BCUT2D eigenvalue weighted by atomic mass is 16.2. The Morgan fingerprint density at radius 3 is 2.44 bits per heavy atom. The van der Waals surface area contributed by atoms with Gasteiger partial charge in [0.1, 0.15) is 0 Å². The van der Waals surface area contributed by atoms with Crippen LogP contribution in [-0.2, 0) is 4.79 Å². The maximum atomic E-state index is 11.9. The zero-order valence-electron chi connectivity index (χ0n) is 9.58. The lowest BCUT2D eigenvalue weighted by Gasteiger charge is -2.23. The Hall–Kier alpha value is -1.77. The quantitative estimate of drug-likeness (QED) is 0.789. The largest absolute Gasteiger partial charge is 0.399 e. The SMILES string of the molecule is CCC1(C)NC(=O)C(c2ccccc2)=C1N. The lowest BCUT2D eigenvalue weighted by Crippen LogP contribution is -2.42. The van der Waals surface area contributed by atoms with Crippen LogP contribution in [0.5, 0.6) is 0 Å². The summed E-state index contributed by atoms with van der Waals surface area (Å²) in [5.74, 6) is -0.0759. The average Bonchev–Trinajstić information content (AvgIpc) is 2.52. The molecule has 0 saturated carbocycles. The minimum atomic E-state index is -0.401. The molecule has 16 heavy (non-hydrogen) atoms. The van der Waals surface area contributed by atoms with E-state index >= 15 is 0 Å². The molecule has 1 aromatic rings.